The van der Waals surface area contributed by atoms with Gasteiger partial charge in [-0.2, -0.15) is 0 Å². The van der Waals surface area contributed by atoms with Crippen molar-refractivity contribution < 1.29 is 0 Å². The van der Waals surface area contributed by atoms with E-state index in [2.05, 4.69) is 22.7 Å². The fourth-order valence-corrected chi connectivity index (χ4v) is 1.65. The second-order valence-corrected chi connectivity index (χ2v) is 3.81. The van der Waals surface area contributed by atoms with E-state index in [0.717, 1.165) is 31.7 Å². The Morgan fingerprint density at radius 1 is 1.62 bits per heavy atom. The molecule has 0 saturated heterocycles. The normalized spacial score (nSPS) is 10.6. The van der Waals surface area contributed by atoms with E-state index in [1.165, 1.54) is 0 Å². The first kappa shape index (κ1) is 12.8. The van der Waals surface area contributed by atoms with Gasteiger partial charge in [0.15, 0.2) is 0 Å². The molecule has 4 nitrogen and oxygen atoms in total. The smallest absolute Gasteiger partial charge is 0.0950 e. The Bertz CT molecular complexity index is 337. The highest BCUT2D eigenvalue weighted by Gasteiger charge is 2.05. The van der Waals surface area contributed by atoms with Crippen LogP contribution in [0.1, 0.15) is 19.0 Å². The standard InChI is InChI=1S/C12H20N4/c1-3-6-15(7-4-2)9-12-10-16(8-5-13)11-14-12/h1,10-11H,4-9,13H2,2H3. The minimum absolute atomic E-state index is 0.638. The molecule has 1 aromatic heterocycles. The first-order chi connectivity index (χ1) is 7.80. The highest BCUT2D eigenvalue weighted by atomic mass is 15.1. The van der Waals surface area contributed by atoms with Crippen molar-refractivity contribution in [2.24, 2.45) is 5.73 Å². The molecule has 4 heteroatoms. The molecule has 0 spiro atoms. The van der Waals surface area contributed by atoms with Crippen molar-refractivity contribution in [3.63, 3.8) is 0 Å². The topological polar surface area (TPSA) is 47.1 Å². The maximum absolute atomic E-state index is 5.48. The van der Waals surface area contributed by atoms with Gasteiger partial charge in [0.1, 0.15) is 0 Å². The molecule has 0 bridgehead atoms. The van der Waals surface area contributed by atoms with Gasteiger partial charge in [0.05, 0.1) is 18.6 Å². The van der Waals surface area contributed by atoms with E-state index in [9.17, 15) is 0 Å². The Labute approximate surface area is 97.5 Å². The molecule has 16 heavy (non-hydrogen) atoms. The molecule has 1 rings (SSSR count). The molecule has 2 N–H and O–H groups in total. The molecule has 0 aliphatic heterocycles. The minimum Gasteiger partial charge on any atom is -0.336 e. The summed E-state index contributed by atoms with van der Waals surface area (Å²) >= 11 is 0. The Hall–Kier alpha value is -1.31. The lowest BCUT2D eigenvalue weighted by Crippen LogP contribution is -2.24. The van der Waals surface area contributed by atoms with Crippen LogP contribution in [0.3, 0.4) is 0 Å². The number of hydrogen-bond acceptors (Lipinski definition) is 3. The number of nitrogens with two attached hydrogens (primary N) is 1. The molecule has 0 aliphatic rings. The Morgan fingerprint density at radius 3 is 3.06 bits per heavy atom. The Balaban J connectivity index is 2.52. The van der Waals surface area contributed by atoms with Gasteiger partial charge in [-0.25, -0.2) is 4.98 Å². The molecule has 0 amide bonds. The third-order valence-corrected chi connectivity index (χ3v) is 2.31. The summed E-state index contributed by atoms with van der Waals surface area (Å²) in [4.78, 5) is 6.55. The average Bonchev–Trinajstić information content (AvgIpc) is 2.67. The molecule has 0 aliphatic carbocycles. The number of aromatic nitrogens is 2. The lowest BCUT2D eigenvalue weighted by atomic mass is 10.3. The van der Waals surface area contributed by atoms with Crippen LogP contribution < -0.4 is 5.73 Å². The van der Waals surface area contributed by atoms with Crippen LogP contribution in [0.25, 0.3) is 0 Å². The van der Waals surface area contributed by atoms with Gasteiger partial charge >= 0.3 is 0 Å². The van der Waals surface area contributed by atoms with Crippen molar-refractivity contribution in [3.8, 4) is 12.3 Å². The van der Waals surface area contributed by atoms with E-state index in [1.807, 2.05) is 17.1 Å². The lowest BCUT2D eigenvalue weighted by Gasteiger charge is -2.17. The van der Waals surface area contributed by atoms with E-state index in [4.69, 9.17) is 12.2 Å². The van der Waals surface area contributed by atoms with E-state index in [1.54, 1.807) is 0 Å². The van der Waals surface area contributed by atoms with Crippen LogP contribution in [-0.2, 0) is 13.1 Å². The van der Waals surface area contributed by atoms with E-state index < -0.39 is 0 Å². The summed E-state index contributed by atoms with van der Waals surface area (Å²) in [5, 5.41) is 0. The van der Waals surface area contributed by atoms with Gasteiger partial charge in [0.2, 0.25) is 0 Å². The third-order valence-electron chi connectivity index (χ3n) is 2.31. The van der Waals surface area contributed by atoms with Gasteiger partial charge in [0, 0.05) is 25.8 Å². The summed E-state index contributed by atoms with van der Waals surface area (Å²) < 4.78 is 2.01. The largest absolute Gasteiger partial charge is 0.336 e. The number of imidazole rings is 1. The molecule has 0 aromatic carbocycles. The van der Waals surface area contributed by atoms with E-state index in [0.29, 0.717) is 13.1 Å². The zero-order valence-electron chi connectivity index (χ0n) is 9.89. The monoisotopic (exact) mass is 220 g/mol. The third kappa shape index (κ3) is 4.05. The lowest BCUT2D eigenvalue weighted by molar-refractivity contribution is 0.296. The molecule has 1 aromatic rings. The second-order valence-electron chi connectivity index (χ2n) is 3.81. The molecule has 0 saturated carbocycles. The zero-order chi connectivity index (χ0) is 11.8. The van der Waals surface area contributed by atoms with Crippen molar-refractivity contribution in [1.82, 2.24) is 14.5 Å². The van der Waals surface area contributed by atoms with Gasteiger partial charge in [-0.15, -0.1) is 6.42 Å². The van der Waals surface area contributed by atoms with Crippen LogP contribution in [0.4, 0.5) is 0 Å². The summed E-state index contributed by atoms with van der Waals surface area (Å²) in [5.41, 5.74) is 6.53. The highest BCUT2D eigenvalue weighted by Crippen LogP contribution is 2.02. The van der Waals surface area contributed by atoms with Crippen LogP contribution in [0.15, 0.2) is 12.5 Å². The van der Waals surface area contributed by atoms with E-state index >= 15 is 0 Å². The van der Waals surface area contributed by atoms with Crippen LogP contribution in [0.5, 0.6) is 0 Å². The molecular weight excluding hydrogens is 200 g/mol. The maximum atomic E-state index is 5.48. The first-order valence-corrected chi connectivity index (χ1v) is 5.66. The fraction of sp³-hybridized carbons (Fsp3) is 0.583. The van der Waals surface area contributed by atoms with Crippen molar-refractivity contribution in [3.05, 3.63) is 18.2 Å². The SMILES string of the molecule is C#CCN(CCC)Cc1cn(CCN)cn1. The number of nitrogens with zero attached hydrogens (tertiary/aromatic N) is 3. The molecule has 0 atom stereocenters. The predicted octanol–water partition coefficient (Wildman–Crippen LogP) is 0.687. The molecule has 0 fully saturated rings. The Kier molecular flexibility index (Phi) is 5.62. The van der Waals surface area contributed by atoms with Crippen LogP contribution >= 0.6 is 0 Å². The minimum atomic E-state index is 0.638. The van der Waals surface area contributed by atoms with Crippen molar-refractivity contribution in [2.75, 3.05) is 19.6 Å². The van der Waals surface area contributed by atoms with Crippen LogP contribution in [-0.4, -0.2) is 34.1 Å². The molecule has 88 valence electrons. The quantitative estimate of drug-likeness (QED) is 0.688. The van der Waals surface area contributed by atoms with Gasteiger partial charge in [-0.3, -0.25) is 4.90 Å². The first-order valence-electron chi connectivity index (χ1n) is 5.66. The zero-order valence-corrected chi connectivity index (χ0v) is 9.89. The number of hydrogen-bond donors (Lipinski definition) is 1. The van der Waals surface area contributed by atoms with Gasteiger partial charge < -0.3 is 10.3 Å². The molecule has 1 heterocycles. The summed E-state index contributed by atoms with van der Waals surface area (Å²) in [6.07, 6.45) is 10.3. The fourth-order valence-electron chi connectivity index (χ4n) is 1.65. The number of rotatable bonds is 7. The molecule has 0 unspecified atom stereocenters. The molecule has 0 radical (unpaired) electrons. The van der Waals surface area contributed by atoms with Crippen LogP contribution in [0, 0.1) is 12.3 Å². The van der Waals surface area contributed by atoms with E-state index in [-0.39, 0.29) is 0 Å². The van der Waals surface area contributed by atoms with Crippen molar-refractivity contribution in [2.45, 2.75) is 26.4 Å². The predicted molar refractivity (Wildman–Crippen MR) is 65.7 cm³/mol. The summed E-state index contributed by atoms with van der Waals surface area (Å²) in [5.74, 6) is 2.68. The molecular formula is C12H20N4. The van der Waals surface area contributed by atoms with Crippen molar-refractivity contribution >= 4 is 0 Å². The number of terminal acetylenes is 1. The maximum Gasteiger partial charge on any atom is 0.0950 e. The second kappa shape index (κ2) is 7.04. The van der Waals surface area contributed by atoms with Crippen LogP contribution in [0.2, 0.25) is 0 Å². The van der Waals surface area contributed by atoms with Crippen molar-refractivity contribution in [1.29, 1.82) is 0 Å². The summed E-state index contributed by atoms with van der Waals surface area (Å²) in [7, 11) is 0. The van der Waals surface area contributed by atoms with Gasteiger partial charge in [-0.1, -0.05) is 12.8 Å². The summed E-state index contributed by atoms with van der Waals surface area (Å²) in [6.45, 7) is 6.10. The average molecular weight is 220 g/mol. The Morgan fingerprint density at radius 2 is 2.44 bits per heavy atom. The van der Waals surface area contributed by atoms with Gasteiger partial charge in [-0.05, 0) is 13.0 Å². The van der Waals surface area contributed by atoms with Gasteiger partial charge in [0.25, 0.3) is 0 Å². The highest BCUT2D eigenvalue weighted by molar-refractivity contribution is 4.98. The summed E-state index contributed by atoms with van der Waals surface area (Å²) in [6, 6.07) is 0.